The molecule has 0 aliphatic heterocycles. The molecule has 1 amide bonds. The van der Waals surface area contributed by atoms with Gasteiger partial charge in [-0.25, -0.2) is 0 Å². The van der Waals surface area contributed by atoms with Gasteiger partial charge in [-0.3, -0.25) is 4.79 Å². The van der Waals surface area contributed by atoms with Gasteiger partial charge in [0.05, 0.1) is 6.54 Å². The molecule has 0 aliphatic carbocycles. The molecule has 0 aliphatic rings. The summed E-state index contributed by atoms with van der Waals surface area (Å²) >= 11 is 0. The minimum atomic E-state index is -0.154. The van der Waals surface area contributed by atoms with Gasteiger partial charge in [-0.15, -0.1) is 0 Å². The number of rotatable bonds is 6. The average molecular weight is 171 g/mol. The standard InChI is InChI=1S/C6H13N5O/c7-5-6(12)9-3-1-2-4-10-11-8/h1-5,7H2,(H,9,12). The number of carbonyl (C=O) groups excluding carboxylic acids is 1. The Labute approximate surface area is 70.7 Å². The molecule has 0 aromatic heterocycles. The lowest BCUT2D eigenvalue weighted by molar-refractivity contribution is -0.119. The van der Waals surface area contributed by atoms with E-state index in [1.807, 2.05) is 0 Å². The normalized spacial score (nSPS) is 8.75. The molecule has 0 spiro atoms. The predicted octanol–water partition coefficient (Wildman–Crippen LogP) is 0.152. The Morgan fingerprint density at radius 3 is 2.92 bits per heavy atom. The van der Waals surface area contributed by atoms with Gasteiger partial charge in [0.2, 0.25) is 5.91 Å². The molecule has 0 unspecified atom stereocenters. The topological polar surface area (TPSA) is 104 Å². The first-order chi connectivity index (χ1) is 5.81. The van der Waals surface area contributed by atoms with Gasteiger partial charge >= 0.3 is 0 Å². The molecular weight excluding hydrogens is 158 g/mol. The Balaban J connectivity index is 3.10. The molecule has 0 rings (SSSR count). The van der Waals surface area contributed by atoms with Crippen LogP contribution in [0.4, 0.5) is 0 Å². The first-order valence-electron chi connectivity index (χ1n) is 3.79. The predicted molar refractivity (Wildman–Crippen MR) is 45.3 cm³/mol. The van der Waals surface area contributed by atoms with Gasteiger partial charge in [0.25, 0.3) is 0 Å². The van der Waals surface area contributed by atoms with Crippen molar-refractivity contribution in [1.82, 2.24) is 5.32 Å². The highest BCUT2D eigenvalue weighted by atomic mass is 16.1. The van der Waals surface area contributed by atoms with Crippen LogP contribution in [0.3, 0.4) is 0 Å². The minimum Gasteiger partial charge on any atom is -0.355 e. The van der Waals surface area contributed by atoms with Crippen LogP contribution < -0.4 is 11.1 Å². The Kier molecular flexibility index (Phi) is 7.02. The quantitative estimate of drug-likeness (QED) is 0.257. The lowest BCUT2D eigenvalue weighted by atomic mass is 10.3. The van der Waals surface area contributed by atoms with E-state index in [1.165, 1.54) is 0 Å². The fourth-order valence-electron chi connectivity index (χ4n) is 0.652. The number of nitrogens with two attached hydrogens (primary N) is 1. The summed E-state index contributed by atoms with van der Waals surface area (Å²) in [6, 6.07) is 0. The second-order valence-corrected chi connectivity index (χ2v) is 2.22. The van der Waals surface area contributed by atoms with Crippen molar-refractivity contribution in [3.63, 3.8) is 0 Å². The van der Waals surface area contributed by atoms with E-state index in [0.29, 0.717) is 13.1 Å². The van der Waals surface area contributed by atoms with Crippen molar-refractivity contribution in [2.75, 3.05) is 19.6 Å². The van der Waals surface area contributed by atoms with Gasteiger partial charge in [-0.1, -0.05) is 5.11 Å². The molecule has 0 bridgehead atoms. The highest BCUT2D eigenvalue weighted by Crippen LogP contribution is 1.87. The van der Waals surface area contributed by atoms with E-state index in [-0.39, 0.29) is 12.5 Å². The van der Waals surface area contributed by atoms with Crippen molar-refractivity contribution >= 4 is 5.91 Å². The third kappa shape index (κ3) is 6.85. The van der Waals surface area contributed by atoms with Gasteiger partial charge in [0.15, 0.2) is 0 Å². The largest absolute Gasteiger partial charge is 0.355 e. The molecule has 3 N–H and O–H groups in total. The molecule has 0 atom stereocenters. The number of carbonyl (C=O) groups is 1. The van der Waals surface area contributed by atoms with E-state index in [2.05, 4.69) is 15.3 Å². The molecule has 12 heavy (non-hydrogen) atoms. The van der Waals surface area contributed by atoms with E-state index in [9.17, 15) is 4.79 Å². The molecule has 0 radical (unpaired) electrons. The molecule has 0 saturated carbocycles. The van der Waals surface area contributed by atoms with Gasteiger partial charge < -0.3 is 11.1 Å². The van der Waals surface area contributed by atoms with Gasteiger partial charge in [0, 0.05) is 18.0 Å². The van der Waals surface area contributed by atoms with Crippen molar-refractivity contribution in [3.8, 4) is 0 Å². The summed E-state index contributed by atoms with van der Waals surface area (Å²) in [7, 11) is 0. The number of hydrogen-bond acceptors (Lipinski definition) is 3. The third-order valence-electron chi connectivity index (χ3n) is 1.26. The van der Waals surface area contributed by atoms with Crippen molar-refractivity contribution in [3.05, 3.63) is 10.4 Å². The van der Waals surface area contributed by atoms with Gasteiger partial charge in [-0.05, 0) is 18.4 Å². The smallest absolute Gasteiger partial charge is 0.233 e. The van der Waals surface area contributed by atoms with Crippen molar-refractivity contribution in [1.29, 1.82) is 0 Å². The van der Waals surface area contributed by atoms with Crippen LogP contribution in [0, 0.1) is 0 Å². The van der Waals surface area contributed by atoms with Crippen molar-refractivity contribution in [2.45, 2.75) is 12.8 Å². The highest BCUT2D eigenvalue weighted by molar-refractivity contribution is 5.77. The van der Waals surface area contributed by atoms with E-state index >= 15 is 0 Å². The summed E-state index contributed by atoms with van der Waals surface area (Å²) < 4.78 is 0. The first kappa shape index (κ1) is 10.7. The molecule has 6 heteroatoms. The van der Waals surface area contributed by atoms with Crippen molar-refractivity contribution < 1.29 is 4.79 Å². The molecular formula is C6H13N5O. The number of unbranched alkanes of at least 4 members (excludes halogenated alkanes) is 1. The first-order valence-corrected chi connectivity index (χ1v) is 3.79. The SMILES string of the molecule is [N-]=[N+]=NCCCCNC(=O)CN. The Morgan fingerprint density at radius 2 is 2.33 bits per heavy atom. The summed E-state index contributed by atoms with van der Waals surface area (Å²) in [6.07, 6.45) is 1.60. The van der Waals surface area contributed by atoms with Crippen LogP contribution in [0.25, 0.3) is 10.4 Å². The average Bonchev–Trinajstić information content (AvgIpc) is 2.10. The van der Waals surface area contributed by atoms with Gasteiger partial charge in [-0.2, -0.15) is 0 Å². The van der Waals surface area contributed by atoms with E-state index in [4.69, 9.17) is 11.3 Å². The summed E-state index contributed by atoms with van der Waals surface area (Å²) in [5.41, 5.74) is 13.0. The zero-order valence-electron chi connectivity index (χ0n) is 6.86. The summed E-state index contributed by atoms with van der Waals surface area (Å²) in [5.74, 6) is -0.154. The van der Waals surface area contributed by atoms with Crippen LogP contribution in [-0.4, -0.2) is 25.5 Å². The molecule has 0 fully saturated rings. The van der Waals surface area contributed by atoms with E-state index < -0.39 is 0 Å². The van der Waals surface area contributed by atoms with Crippen LogP contribution in [-0.2, 0) is 4.79 Å². The fourth-order valence-corrected chi connectivity index (χ4v) is 0.652. The monoisotopic (exact) mass is 171 g/mol. The molecule has 0 heterocycles. The third-order valence-corrected chi connectivity index (χ3v) is 1.26. The zero-order valence-corrected chi connectivity index (χ0v) is 6.86. The fraction of sp³-hybridized carbons (Fsp3) is 0.833. The van der Waals surface area contributed by atoms with E-state index in [1.54, 1.807) is 0 Å². The molecule has 68 valence electrons. The van der Waals surface area contributed by atoms with Crippen LogP contribution in [0.2, 0.25) is 0 Å². The maximum atomic E-state index is 10.6. The minimum absolute atomic E-state index is 0.0242. The Morgan fingerprint density at radius 1 is 1.58 bits per heavy atom. The van der Waals surface area contributed by atoms with Crippen molar-refractivity contribution in [2.24, 2.45) is 10.8 Å². The molecule has 0 aromatic rings. The number of hydrogen-bond donors (Lipinski definition) is 2. The highest BCUT2D eigenvalue weighted by Gasteiger charge is 1.93. The van der Waals surface area contributed by atoms with Crippen LogP contribution in [0.15, 0.2) is 5.11 Å². The maximum Gasteiger partial charge on any atom is 0.233 e. The van der Waals surface area contributed by atoms with Crippen LogP contribution in [0.5, 0.6) is 0 Å². The lowest BCUT2D eigenvalue weighted by Crippen LogP contribution is -2.30. The number of azide groups is 1. The second kappa shape index (κ2) is 7.84. The van der Waals surface area contributed by atoms with Crippen LogP contribution in [0.1, 0.15) is 12.8 Å². The number of nitrogens with zero attached hydrogens (tertiary/aromatic N) is 3. The molecule has 6 nitrogen and oxygen atoms in total. The Hall–Kier alpha value is -1.26. The summed E-state index contributed by atoms with van der Waals surface area (Å²) in [6.45, 7) is 1.10. The Bertz CT molecular complexity index is 175. The number of amides is 1. The molecule has 0 aromatic carbocycles. The maximum absolute atomic E-state index is 10.6. The zero-order chi connectivity index (χ0) is 9.23. The second-order valence-electron chi connectivity index (χ2n) is 2.22. The summed E-state index contributed by atoms with van der Waals surface area (Å²) in [4.78, 5) is 13.2. The molecule has 0 saturated heterocycles. The van der Waals surface area contributed by atoms with Gasteiger partial charge in [0.1, 0.15) is 0 Å². The summed E-state index contributed by atoms with van der Waals surface area (Å²) in [5, 5.41) is 5.96. The lowest BCUT2D eigenvalue weighted by Gasteiger charge is -2.00. The number of nitrogens with one attached hydrogen (secondary N) is 1. The van der Waals surface area contributed by atoms with Crippen LogP contribution >= 0.6 is 0 Å². The van der Waals surface area contributed by atoms with E-state index in [0.717, 1.165) is 12.8 Å².